The average Bonchev–Trinajstić information content (AvgIpc) is 3.06. The number of hydrazone groups is 1. The van der Waals surface area contributed by atoms with Crippen molar-refractivity contribution in [2.45, 2.75) is 38.6 Å². The molecule has 0 fully saturated rings. The van der Waals surface area contributed by atoms with Gasteiger partial charge in [0.1, 0.15) is 17.2 Å². The number of halogens is 2. The standard InChI is InChI=1S/C24H29F2N3O2/c1-4-5-11-20-22(19-13-12-17(25)16-21(19)26)28-29(18-9-7-6-8-10-18)24(20,2)23(30)27-14-15-31-3/h6-10,12-13,16,20H,4-5,11,14-15H2,1-3H3,(H,27,30). The number of carbonyl (C=O) groups excluding carboxylic acids is 1. The van der Waals surface area contributed by atoms with E-state index >= 15 is 0 Å². The predicted molar refractivity (Wildman–Crippen MR) is 118 cm³/mol. The Kier molecular flexibility index (Phi) is 7.38. The van der Waals surface area contributed by atoms with Crippen LogP contribution in [-0.4, -0.2) is 37.4 Å². The van der Waals surface area contributed by atoms with E-state index in [-0.39, 0.29) is 17.4 Å². The average molecular weight is 430 g/mol. The van der Waals surface area contributed by atoms with Crippen molar-refractivity contribution in [1.82, 2.24) is 5.32 Å². The Morgan fingerprint density at radius 1 is 1.23 bits per heavy atom. The number of hydrogen-bond donors (Lipinski definition) is 1. The molecule has 1 aliphatic rings. The van der Waals surface area contributed by atoms with Gasteiger partial charge in [-0.2, -0.15) is 5.10 Å². The lowest BCUT2D eigenvalue weighted by Crippen LogP contribution is -2.58. The van der Waals surface area contributed by atoms with Crippen LogP contribution in [0.5, 0.6) is 0 Å². The first-order valence-corrected chi connectivity index (χ1v) is 10.6. The SMILES string of the molecule is CCCCC1C(c2ccc(F)cc2F)=NN(c2ccccc2)C1(C)C(=O)NCCOC. The number of hydrogen-bond acceptors (Lipinski definition) is 4. The molecule has 1 aliphatic heterocycles. The molecule has 0 spiro atoms. The third-order valence-electron chi connectivity index (χ3n) is 5.76. The Hall–Kier alpha value is -2.80. The molecule has 166 valence electrons. The third-order valence-corrected chi connectivity index (χ3v) is 5.76. The van der Waals surface area contributed by atoms with Gasteiger partial charge in [-0.25, -0.2) is 13.8 Å². The molecule has 1 heterocycles. The second-order valence-corrected chi connectivity index (χ2v) is 7.85. The molecule has 31 heavy (non-hydrogen) atoms. The fourth-order valence-corrected chi connectivity index (χ4v) is 4.06. The van der Waals surface area contributed by atoms with Crippen LogP contribution in [0.15, 0.2) is 53.6 Å². The monoisotopic (exact) mass is 429 g/mol. The maximum atomic E-state index is 14.8. The molecule has 0 saturated heterocycles. The number of anilines is 1. The number of nitrogens with zero attached hydrogens (tertiary/aromatic N) is 2. The predicted octanol–water partition coefficient (Wildman–Crippen LogP) is 4.52. The summed E-state index contributed by atoms with van der Waals surface area (Å²) in [7, 11) is 1.57. The topological polar surface area (TPSA) is 53.9 Å². The van der Waals surface area contributed by atoms with Gasteiger partial charge in [0, 0.05) is 31.2 Å². The van der Waals surface area contributed by atoms with Crippen molar-refractivity contribution in [1.29, 1.82) is 0 Å². The Morgan fingerprint density at radius 3 is 2.61 bits per heavy atom. The molecule has 2 aromatic rings. The smallest absolute Gasteiger partial charge is 0.248 e. The molecule has 2 atom stereocenters. The molecule has 5 nitrogen and oxygen atoms in total. The lowest BCUT2D eigenvalue weighted by Gasteiger charge is -2.37. The molecule has 1 N–H and O–H groups in total. The number of unbranched alkanes of at least 4 members (excludes halogenated alkanes) is 1. The molecule has 0 saturated carbocycles. The highest BCUT2D eigenvalue weighted by atomic mass is 19.1. The molecule has 1 amide bonds. The van der Waals surface area contributed by atoms with Crippen molar-refractivity contribution in [3.8, 4) is 0 Å². The summed E-state index contributed by atoms with van der Waals surface area (Å²) >= 11 is 0. The van der Waals surface area contributed by atoms with E-state index in [4.69, 9.17) is 9.84 Å². The largest absolute Gasteiger partial charge is 0.383 e. The third kappa shape index (κ3) is 4.61. The van der Waals surface area contributed by atoms with Gasteiger partial charge in [-0.15, -0.1) is 0 Å². The number of ether oxygens (including phenoxy) is 1. The molecule has 2 unspecified atom stereocenters. The van der Waals surface area contributed by atoms with Gasteiger partial charge in [0.25, 0.3) is 0 Å². The summed E-state index contributed by atoms with van der Waals surface area (Å²) in [5, 5.41) is 9.36. The lowest BCUT2D eigenvalue weighted by atomic mass is 9.76. The highest BCUT2D eigenvalue weighted by Crippen LogP contribution is 2.42. The second kappa shape index (κ2) is 10.0. The molecule has 0 radical (unpaired) electrons. The van der Waals surface area contributed by atoms with Crippen molar-refractivity contribution >= 4 is 17.3 Å². The van der Waals surface area contributed by atoms with Crippen molar-refractivity contribution < 1.29 is 18.3 Å². The first-order valence-electron chi connectivity index (χ1n) is 10.6. The molecule has 0 bridgehead atoms. The van der Waals surface area contributed by atoms with Crippen molar-refractivity contribution in [2.75, 3.05) is 25.3 Å². The van der Waals surface area contributed by atoms with Crippen LogP contribution in [-0.2, 0) is 9.53 Å². The Balaban J connectivity index is 2.11. The minimum atomic E-state index is -1.08. The quantitative estimate of drug-likeness (QED) is 0.597. The second-order valence-electron chi connectivity index (χ2n) is 7.85. The fraction of sp³-hybridized carbons (Fsp3) is 0.417. The first kappa shape index (κ1) is 22.9. The van der Waals surface area contributed by atoms with Gasteiger partial charge in [-0.1, -0.05) is 38.0 Å². The van der Waals surface area contributed by atoms with Gasteiger partial charge in [-0.3, -0.25) is 4.79 Å². The minimum Gasteiger partial charge on any atom is -0.383 e. The zero-order chi connectivity index (χ0) is 22.4. The summed E-state index contributed by atoms with van der Waals surface area (Å²) < 4.78 is 33.4. The molecular weight excluding hydrogens is 400 g/mol. The number of para-hydroxylation sites is 1. The van der Waals surface area contributed by atoms with Crippen LogP contribution in [0, 0.1) is 17.6 Å². The Morgan fingerprint density at radius 2 is 1.97 bits per heavy atom. The Labute approximate surface area is 182 Å². The maximum Gasteiger partial charge on any atom is 0.248 e. The van der Waals surface area contributed by atoms with Crippen LogP contribution < -0.4 is 10.3 Å². The van der Waals surface area contributed by atoms with Gasteiger partial charge in [0.15, 0.2) is 0 Å². The zero-order valence-corrected chi connectivity index (χ0v) is 18.2. The number of nitrogens with one attached hydrogen (secondary N) is 1. The first-order chi connectivity index (χ1) is 14.9. The molecule has 0 aromatic heterocycles. The van der Waals surface area contributed by atoms with Gasteiger partial charge in [-0.05, 0) is 37.6 Å². The summed E-state index contributed by atoms with van der Waals surface area (Å²) in [6, 6.07) is 12.8. The Bertz CT molecular complexity index is 936. The van der Waals surface area contributed by atoms with Crippen molar-refractivity contribution in [3.63, 3.8) is 0 Å². The molecule has 7 heteroatoms. The minimum absolute atomic E-state index is 0.212. The molecule has 3 rings (SSSR count). The van der Waals surface area contributed by atoms with E-state index in [1.807, 2.05) is 37.3 Å². The van der Waals surface area contributed by atoms with E-state index in [2.05, 4.69) is 12.2 Å². The zero-order valence-electron chi connectivity index (χ0n) is 18.2. The van der Waals surface area contributed by atoms with Crippen LogP contribution in [0.1, 0.15) is 38.7 Å². The highest BCUT2D eigenvalue weighted by molar-refractivity contribution is 6.10. The molecular formula is C24H29F2N3O2. The number of carbonyl (C=O) groups is 1. The normalized spacial score (nSPS) is 20.6. The summed E-state index contributed by atoms with van der Waals surface area (Å²) in [6.07, 6.45) is 2.40. The van der Waals surface area contributed by atoms with Crippen LogP contribution in [0.25, 0.3) is 0 Å². The van der Waals surface area contributed by atoms with E-state index < -0.39 is 17.2 Å². The van der Waals surface area contributed by atoms with E-state index in [1.54, 1.807) is 12.1 Å². The van der Waals surface area contributed by atoms with Gasteiger partial charge < -0.3 is 10.1 Å². The highest BCUT2D eigenvalue weighted by Gasteiger charge is 2.53. The van der Waals surface area contributed by atoms with Gasteiger partial charge in [0.05, 0.1) is 18.0 Å². The lowest BCUT2D eigenvalue weighted by molar-refractivity contribution is -0.127. The van der Waals surface area contributed by atoms with E-state index in [9.17, 15) is 13.6 Å². The molecule has 0 aliphatic carbocycles. The van der Waals surface area contributed by atoms with E-state index in [0.29, 0.717) is 25.3 Å². The summed E-state index contributed by atoms with van der Waals surface area (Å²) in [5.41, 5.74) is 0.322. The van der Waals surface area contributed by atoms with E-state index in [1.165, 1.54) is 12.1 Å². The molecule has 2 aromatic carbocycles. The van der Waals surface area contributed by atoms with E-state index in [0.717, 1.165) is 24.6 Å². The van der Waals surface area contributed by atoms with Crippen molar-refractivity contribution in [2.24, 2.45) is 11.0 Å². The van der Waals surface area contributed by atoms with Crippen LogP contribution >= 0.6 is 0 Å². The summed E-state index contributed by atoms with van der Waals surface area (Å²) in [5.74, 6) is -1.92. The number of amides is 1. The van der Waals surface area contributed by atoms with Crippen LogP contribution in [0.4, 0.5) is 14.5 Å². The maximum absolute atomic E-state index is 14.8. The van der Waals surface area contributed by atoms with Gasteiger partial charge >= 0.3 is 0 Å². The van der Waals surface area contributed by atoms with Gasteiger partial charge in [0.2, 0.25) is 5.91 Å². The summed E-state index contributed by atoms with van der Waals surface area (Å²) in [4.78, 5) is 13.5. The number of benzene rings is 2. The number of rotatable bonds is 9. The summed E-state index contributed by atoms with van der Waals surface area (Å²) in [6.45, 7) is 4.64. The van der Waals surface area contributed by atoms with Crippen LogP contribution in [0.2, 0.25) is 0 Å². The van der Waals surface area contributed by atoms with Crippen LogP contribution in [0.3, 0.4) is 0 Å². The number of methoxy groups -OCH3 is 1. The fourth-order valence-electron chi connectivity index (χ4n) is 4.06. The van der Waals surface area contributed by atoms with Crippen molar-refractivity contribution in [3.05, 3.63) is 65.7 Å².